The third kappa shape index (κ3) is 2.43. The summed E-state index contributed by atoms with van der Waals surface area (Å²) in [6.45, 7) is 1.90. The molecule has 2 aromatic heterocycles. The van der Waals surface area contributed by atoms with Crippen LogP contribution in [0.15, 0.2) is 24.5 Å². The highest BCUT2D eigenvalue weighted by molar-refractivity contribution is 5.19. The highest BCUT2D eigenvalue weighted by atomic mass is 16.3. The van der Waals surface area contributed by atoms with Crippen molar-refractivity contribution >= 4 is 0 Å². The van der Waals surface area contributed by atoms with Gasteiger partial charge in [0.15, 0.2) is 0 Å². The van der Waals surface area contributed by atoms with E-state index in [-0.39, 0.29) is 0 Å². The van der Waals surface area contributed by atoms with Crippen LogP contribution in [-0.4, -0.2) is 25.1 Å². The molecule has 84 valence electrons. The van der Waals surface area contributed by atoms with Crippen LogP contribution in [0.1, 0.15) is 23.1 Å². The Morgan fingerprint density at radius 3 is 2.94 bits per heavy atom. The fourth-order valence-corrected chi connectivity index (χ4v) is 1.58. The van der Waals surface area contributed by atoms with Crippen molar-refractivity contribution in [2.75, 3.05) is 0 Å². The summed E-state index contributed by atoms with van der Waals surface area (Å²) < 4.78 is 1.62. The first-order chi connectivity index (χ1) is 7.65. The number of nitrogens with zero attached hydrogens (tertiary/aromatic N) is 4. The molecule has 16 heavy (non-hydrogen) atoms. The fourth-order valence-electron chi connectivity index (χ4n) is 1.58. The van der Waals surface area contributed by atoms with Crippen LogP contribution in [0.2, 0.25) is 0 Å². The number of rotatable bonds is 3. The maximum Gasteiger partial charge on any atom is 0.0856 e. The number of hydrogen-bond donors (Lipinski definition) is 1. The molecule has 0 aliphatic rings. The molecule has 2 rings (SSSR count). The molecule has 5 nitrogen and oxygen atoms in total. The average molecular weight is 218 g/mol. The molecule has 0 aliphatic heterocycles. The fraction of sp³-hybridized carbons (Fsp3) is 0.364. The Kier molecular flexibility index (Phi) is 2.96. The number of aromatic nitrogens is 4. The smallest absolute Gasteiger partial charge is 0.0856 e. The Bertz CT molecular complexity index is 480. The van der Waals surface area contributed by atoms with E-state index in [0.29, 0.717) is 6.42 Å². The molecule has 0 aromatic carbocycles. The van der Waals surface area contributed by atoms with E-state index in [1.807, 2.05) is 19.1 Å². The molecular formula is C11H14N4O. The van der Waals surface area contributed by atoms with Crippen molar-refractivity contribution < 1.29 is 5.11 Å². The second kappa shape index (κ2) is 4.40. The zero-order chi connectivity index (χ0) is 11.5. The number of aliphatic hydroxyl groups is 1. The van der Waals surface area contributed by atoms with Gasteiger partial charge in [0.05, 0.1) is 11.8 Å². The summed E-state index contributed by atoms with van der Waals surface area (Å²) in [4.78, 5) is 4.09. The van der Waals surface area contributed by atoms with Gasteiger partial charge < -0.3 is 5.11 Å². The molecular weight excluding hydrogens is 204 g/mol. The van der Waals surface area contributed by atoms with Crippen molar-refractivity contribution in [3.05, 3.63) is 41.5 Å². The highest BCUT2D eigenvalue weighted by Gasteiger charge is 2.11. The van der Waals surface area contributed by atoms with Gasteiger partial charge >= 0.3 is 0 Å². The van der Waals surface area contributed by atoms with Crippen LogP contribution in [0.25, 0.3) is 0 Å². The van der Waals surface area contributed by atoms with Crippen molar-refractivity contribution in [1.29, 1.82) is 0 Å². The molecule has 0 saturated heterocycles. The lowest BCUT2D eigenvalue weighted by atomic mass is 10.1. The molecule has 1 unspecified atom stereocenters. The summed E-state index contributed by atoms with van der Waals surface area (Å²) >= 11 is 0. The van der Waals surface area contributed by atoms with Crippen LogP contribution >= 0.6 is 0 Å². The van der Waals surface area contributed by atoms with Gasteiger partial charge in [-0.05, 0) is 24.6 Å². The minimum atomic E-state index is -0.557. The standard InChI is InChI=1S/C11H14N4O/c1-8-5-9(3-4-12-8)11(16)6-10-7-15(2)14-13-10/h3-5,7,11,16H,6H2,1-2H3. The Hall–Kier alpha value is -1.75. The van der Waals surface area contributed by atoms with Crippen LogP contribution in [0, 0.1) is 6.92 Å². The van der Waals surface area contributed by atoms with Crippen LogP contribution in [0.4, 0.5) is 0 Å². The van der Waals surface area contributed by atoms with Gasteiger partial charge in [-0.1, -0.05) is 5.21 Å². The van der Waals surface area contributed by atoms with Crippen LogP contribution in [0.3, 0.4) is 0 Å². The zero-order valence-corrected chi connectivity index (χ0v) is 9.33. The zero-order valence-electron chi connectivity index (χ0n) is 9.33. The van der Waals surface area contributed by atoms with Crippen molar-refractivity contribution in [1.82, 2.24) is 20.0 Å². The molecule has 0 bridgehead atoms. The Labute approximate surface area is 93.8 Å². The average Bonchev–Trinajstić information content (AvgIpc) is 2.64. The van der Waals surface area contributed by atoms with Gasteiger partial charge in [0, 0.05) is 31.6 Å². The molecule has 0 amide bonds. The summed E-state index contributed by atoms with van der Waals surface area (Å²) in [6.07, 6.45) is 3.41. The van der Waals surface area contributed by atoms with Gasteiger partial charge in [-0.3, -0.25) is 9.67 Å². The van der Waals surface area contributed by atoms with Gasteiger partial charge in [0.2, 0.25) is 0 Å². The molecule has 1 N–H and O–H groups in total. The van der Waals surface area contributed by atoms with Crippen LogP contribution in [-0.2, 0) is 13.5 Å². The summed E-state index contributed by atoms with van der Waals surface area (Å²) in [6, 6.07) is 3.69. The molecule has 1 atom stereocenters. The number of aliphatic hydroxyl groups excluding tert-OH is 1. The van der Waals surface area contributed by atoms with E-state index in [4.69, 9.17) is 0 Å². The maximum atomic E-state index is 10.0. The Balaban J connectivity index is 2.11. The van der Waals surface area contributed by atoms with Gasteiger partial charge in [0.25, 0.3) is 0 Å². The second-order valence-electron chi connectivity index (χ2n) is 3.83. The highest BCUT2D eigenvalue weighted by Crippen LogP contribution is 2.16. The second-order valence-corrected chi connectivity index (χ2v) is 3.83. The van der Waals surface area contributed by atoms with Crippen LogP contribution in [0.5, 0.6) is 0 Å². The summed E-state index contributed by atoms with van der Waals surface area (Å²) in [5.74, 6) is 0. The first-order valence-electron chi connectivity index (χ1n) is 5.11. The number of pyridine rings is 1. The van der Waals surface area contributed by atoms with Gasteiger partial charge in [0.1, 0.15) is 0 Å². The maximum absolute atomic E-state index is 10.0. The van der Waals surface area contributed by atoms with Gasteiger partial charge in [-0.2, -0.15) is 0 Å². The minimum Gasteiger partial charge on any atom is -0.388 e. The topological polar surface area (TPSA) is 63.8 Å². The van der Waals surface area contributed by atoms with E-state index in [0.717, 1.165) is 17.0 Å². The van der Waals surface area contributed by atoms with E-state index >= 15 is 0 Å². The molecule has 0 fully saturated rings. The molecule has 0 aliphatic carbocycles. The minimum absolute atomic E-state index is 0.470. The summed E-state index contributed by atoms with van der Waals surface area (Å²) in [5.41, 5.74) is 2.54. The Morgan fingerprint density at radius 2 is 2.31 bits per heavy atom. The molecule has 0 spiro atoms. The van der Waals surface area contributed by atoms with E-state index < -0.39 is 6.10 Å². The first kappa shape index (κ1) is 10.8. The lowest BCUT2D eigenvalue weighted by Gasteiger charge is -2.08. The Morgan fingerprint density at radius 1 is 1.50 bits per heavy atom. The summed E-state index contributed by atoms with van der Waals surface area (Å²) in [5, 5.41) is 17.8. The summed E-state index contributed by atoms with van der Waals surface area (Å²) in [7, 11) is 1.81. The molecule has 2 heterocycles. The molecule has 0 saturated carbocycles. The molecule has 0 radical (unpaired) electrons. The van der Waals surface area contributed by atoms with Crippen LogP contribution < -0.4 is 0 Å². The SMILES string of the molecule is Cc1cc(C(O)Cc2cn(C)nn2)ccn1. The quantitative estimate of drug-likeness (QED) is 0.827. The molecule has 5 heteroatoms. The lowest BCUT2D eigenvalue weighted by Crippen LogP contribution is -2.03. The van der Waals surface area contributed by atoms with E-state index in [2.05, 4.69) is 15.3 Å². The third-order valence-electron chi connectivity index (χ3n) is 2.36. The van der Waals surface area contributed by atoms with Crippen molar-refractivity contribution in [2.45, 2.75) is 19.4 Å². The first-order valence-corrected chi connectivity index (χ1v) is 5.11. The van der Waals surface area contributed by atoms with Crippen molar-refractivity contribution in [2.24, 2.45) is 7.05 Å². The molecule has 2 aromatic rings. The predicted molar refractivity (Wildman–Crippen MR) is 58.6 cm³/mol. The normalized spacial score (nSPS) is 12.7. The largest absolute Gasteiger partial charge is 0.388 e. The lowest BCUT2D eigenvalue weighted by molar-refractivity contribution is 0.177. The van der Waals surface area contributed by atoms with Gasteiger partial charge in [-0.25, -0.2) is 0 Å². The van der Waals surface area contributed by atoms with E-state index in [9.17, 15) is 5.11 Å². The van der Waals surface area contributed by atoms with E-state index in [1.165, 1.54) is 0 Å². The van der Waals surface area contributed by atoms with E-state index in [1.54, 1.807) is 24.1 Å². The number of hydrogen-bond acceptors (Lipinski definition) is 4. The monoisotopic (exact) mass is 218 g/mol. The van der Waals surface area contributed by atoms with Gasteiger partial charge in [-0.15, -0.1) is 5.10 Å². The number of aryl methyl sites for hydroxylation is 2. The third-order valence-corrected chi connectivity index (χ3v) is 2.36. The van der Waals surface area contributed by atoms with Crippen molar-refractivity contribution in [3.8, 4) is 0 Å². The van der Waals surface area contributed by atoms with Crippen molar-refractivity contribution in [3.63, 3.8) is 0 Å². The predicted octanol–water partition coefficient (Wildman–Crippen LogP) is 0.795.